The second-order valence-corrected chi connectivity index (χ2v) is 5.15. The summed E-state index contributed by atoms with van der Waals surface area (Å²) >= 11 is 0. The number of hydrogen-bond donors (Lipinski definition) is 1. The molecule has 0 aliphatic rings. The minimum absolute atomic E-state index is 0.0217. The number of rotatable bonds is 7. The summed E-state index contributed by atoms with van der Waals surface area (Å²) in [7, 11) is 0. The quantitative estimate of drug-likeness (QED) is 0.824. The van der Waals surface area contributed by atoms with E-state index in [0.29, 0.717) is 17.9 Å². The molecule has 0 aliphatic heterocycles. The summed E-state index contributed by atoms with van der Waals surface area (Å²) in [4.78, 5) is 12.6. The largest absolute Gasteiger partial charge is 0.493 e. The molecule has 0 bridgehead atoms. The lowest BCUT2D eigenvalue weighted by Gasteiger charge is -2.19. The molecule has 2 aromatic carbocycles. The molecule has 3 heteroatoms. The molecule has 0 unspecified atom stereocenters. The molecule has 2 aromatic rings. The van der Waals surface area contributed by atoms with Gasteiger partial charge >= 0.3 is 0 Å². The molecule has 1 N–H and O–H groups in total. The van der Waals surface area contributed by atoms with E-state index in [0.717, 1.165) is 18.4 Å². The van der Waals surface area contributed by atoms with Crippen LogP contribution >= 0.6 is 0 Å². The third-order valence-electron chi connectivity index (χ3n) is 3.52. The fourth-order valence-corrected chi connectivity index (χ4v) is 2.47. The van der Waals surface area contributed by atoms with E-state index in [2.05, 4.69) is 24.4 Å². The molecule has 3 nitrogen and oxygen atoms in total. The minimum Gasteiger partial charge on any atom is -0.493 e. The number of amides is 1. The molecule has 1 amide bonds. The van der Waals surface area contributed by atoms with Gasteiger partial charge in [0, 0.05) is 0 Å². The molecule has 0 spiro atoms. The van der Waals surface area contributed by atoms with Crippen molar-refractivity contribution in [3.63, 3.8) is 0 Å². The molecule has 0 saturated carbocycles. The van der Waals surface area contributed by atoms with Crippen molar-refractivity contribution in [2.45, 2.75) is 32.7 Å². The Bertz CT molecular complexity index is 595. The van der Waals surface area contributed by atoms with Gasteiger partial charge in [0.1, 0.15) is 5.75 Å². The molecule has 1 atom stereocenters. The first-order valence-corrected chi connectivity index (χ1v) is 7.83. The van der Waals surface area contributed by atoms with Crippen molar-refractivity contribution in [2.75, 3.05) is 6.61 Å². The van der Waals surface area contributed by atoms with Crippen LogP contribution in [0.3, 0.4) is 0 Å². The van der Waals surface area contributed by atoms with Crippen molar-refractivity contribution in [1.29, 1.82) is 0 Å². The van der Waals surface area contributed by atoms with Gasteiger partial charge in [0.25, 0.3) is 5.91 Å². The van der Waals surface area contributed by atoms with Crippen LogP contribution in [-0.4, -0.2) is 12.5 Å². The second-order valence-electron chi connectivity index (χ2n) is 5.15. The van der Waals surface area contributed by atoms with Crippen LogP contribution < -0.4 is 10.1 Å². The molecule has 116 valence electrons. The summed E-state index contributed by atoms with van der Waals surface area (Å²) in [6.07, 6.45) is 1.92. The summed E-state index contributed by atoms with van der Waals surface area (Å²) < 4.78 is 5.54. The Morgan fingerprint density at radius 3 is 2.41 bits per heavy atom. The van der Waals surface area contributed by atoms with Crippen molar-refractivity contribution in [1.82, 2.24) is 5.32 Å². The first kappa shape index (κ1) is 16.1. The van der Waals surface area contributed by atoms with E-state index in [9.17, 15) is 4.79 Å². The average molecular weight is 297 g/mol. The van der Waals surface area contributed by atoms with E-state index in [4.69, 9.17) is 4.74 Å². The lowest BCUT2D eigenvalue weighted by atomic mass is 10.0. The fraction of sp³-hybridized carbons (Fsp3) is 0.316. The molecule has 0 radical (unpaired) electrons. The lowest BCUT2D eigenvalue weighted by Crippen LogP contribution is -2.28. The maximum absolute atomic E-state index is 12.6. The number of ether oxygens (including phenoxy) is 1. The normalized spacial score (nSPS) is 11.7. The van der Waals surface area contributed by atoms with Crippen LogP contribution in [0.25, 0.3) is 0 Å². The average Bonchev–Trinajstić information content (AvgIpc) is 2.56. The van der Waals surface area contributed by atoms with Gasteiger partial charge in [-0.1, -0.05) is 55.8 Å². The third kappa shape index (κ3) is 4.10. The molecule has 0 saturated heterocycles. The van der Waals surface area contributed by atoms with E-state index in [1.54, 1.807) is 6.07 Å². The molecule has 2 rings (SSSR count). The van der Waals surface area contributed by atoms with Gasteiger partial charge in [0.2, 0.25) is 0 Å². The Balaban J connectivity index is 2.18. The summed E-state index contributed by atoms with van der Waals surface area (Å²) in [5, 5.41) is 3.13. The van der Waals surface area contributed by atoms with Gasteiger partial charge < -0.3 is 10.1 Å². The molecular formula is C19H23NO2. The summed E-state index contributed by atoms with van der Waals surface area (Å²) in [5.41, 5.74) is 1.72. The van der Waals surface area contributed by atoms with Crippen molar-refractivity contribution in [2.24, 2.45) is 0 Å². The highest BCUT2D eigenvalue weighted by Crippen LogP contribution is 2.22. The second kappa shape index (κ2) is 8.23. The predicted molar refractivity (Wildman–Crippen MR) is 89.2 cm³/mol. The Hall–Kier alpha value is -2.29. The van der Waals surface area contributed by atoms with Gasteiger partial charge in [-0.25, -0.2) is 0 Å². The van der Waals surface area contributed by atoms with Gasteiger partial charge in [-0.05, 0) is 31.0 Å². The Labute approximate surface area is 132 Å². The molecule has 0 heterocycles. The van der Waals surface area contributed by atoms with Crippen molar-refractivity contribution in [3.8, 4) is 5.75 Å². The van der Waals surface area contributed by atoms with Crippen LogP contribution in [-0.2, 0) is 0 Å². The number of carbonyl (C=O) groups excluding carboxylic acids is 1. The summed E-state index contributed by atoms with van der Waals surface area (Å²) in [6.45, 7) is 4.58. The zero-order valence-electron chi connectivity index (χ0n) is 13.2. The maximum Gasteiger partial charge on any atom is 0.255 e. The fourth-order valence-electron chi connectivity index (χ4n) is 2.47. The zero-order chi connectivity index (χ0) is 15.8. The number of para-hydroxylation sites is 1. The van der Waals surface area contributed by atoms with Crippen molar-refractivity contribution >= 4 is 5.91 Å². The Morgan fingerprint density at radius 2 is 1.73 bits per heavy atom. The summed E-state index contributed by atoms with van der Waals surface area (Å²) in [5.74, 6) is 0.539. The van der Waals surface area contributed by atoms with Crippen LogP contribution in [0.5, 0.6) is 5.75 Å². The Kier molecular flexibility index (Phi) is 6.01. The van der Waals surface area contributed by atoms with Crippen LogP contribution in [0.1, 0.15) is 48.7 Å². The number of benzene rings is 2. The highest BCUT2D eigenvalue weighted by atomic mass is 16.5. The highest BCUT2D eigenvalue weighted by molar-refractivity contribution is 5.97. The maximum atomic E-state index is 12.6. The first-order chi connectivity index (χ1) is 10.8. The van der Waals surface area contributed by atoms with E-state index in [1.807, 2.05) is 43.3 Å². The Morgan fingerprint density at radius 1 is 1.05 bits per heavy atom. The third-order valence-corrected chi connectivity index (χ3v) is 3.52. The smallest absolute Gasteiger partial charge is 0.255 e. The van der Waals surface area contributed by atoms with Crippen LogP contribution in [0.15, 0.2) is 54.6 Å². The van der Waals surface area contributed by atoms with Crippen LogP contribution in [0.4, 0.5) is 0 Å². The van der Waals surface area contributed by atoms with Gasteiger partial charge in [0.15, 0.2) is 0 Å². The van der Waals surface area contributed by atoms with Crippen molar-refractivity contribution < 1.29 is 9.53 Å². The predicted octanol–water partition coefficient (Wildman–Crippen LogP) is 4.36. The SMILES string of the molecule is CCC[C@H](NC(=O)c1ccccc1OCC)c1ccccc1. The van der Waals surface area contributed by atoms with E-state index >= 15 is 0 Å². The molecular weight excluding hydrogens is 274 g/mol. The molecule has 22 heavy (non-hydrogen) atoms. The van der Waals surface area contributed by atoms with Crippen molar-refractivity contribution in [3.05, 3.63) is 65.7 Å². The summed E-state index contributed by atoms with van der Waals surface area (Å²) in [6, 6.07) is 17.5. The standard InChI is InChI=1S/C19H23NO2/c1-3-10-17(15-11-6-5-7-12-15)20-19(21)16-13-8-9-14-18(16)22-4-2/h5-9,11-14,17H,3-4,10H2,1-2H3,(H,20,21)/t17-/m0/s1. The number of carbonyl (C=O) groups is 1. The lowest BCUT2D eigenvalue weighted by molar-refractivity contribution is 0.0930. The van der Waals surface area contributed by atoms with E-state index in [-0.39, 0.29) is 11.9 Å². The van der Waals surface area contributed by atoms with Crippen LogP contribution in [0.2, 0.25) is 0 Å². The topological polar surface area (TPSA) is 38.3 Å². The molecule has 0 fully saturated rings. The number of nitrogens with one attached hydrogen (secondary N) is 1. The molecule has 0 aromatic heterocycles. The van der Waals surface area contributed by atoms with E-state index in [1.165, 1.54) is 0 Å². The molecule has 0 aliphatic carbocycles. The van der Waals surface area contributed by atoms with Gasteiger partial charge in [0.05, 0.1) is 18.2 Å². The minimum atomic E-state index is -0.0913. The van der Waals surface area contributed by atoms with Crippen LogP contribution in [0, 0.1) is 0 Å². The number of hydrogen-bond acceptors (Lipinski definition) is 2. The van der Waals surface area contributed by atoms with Gasteiger partial charge in [-0.15, -0.1) is 0 Å². The van der Waals surface area contributed by atoms with Gasteiger partial charge in [-0.3, -0.25) is 4.79 Å². The van der Waals surface area contributed by atoms with Gasteiger partial charge in [-0.2, -0.15) is 0 Å². The zero-order valence-corrected chi connectivity index (χ0v) is 13.2. The highest BCUT2D eigenvalue weighted by Gasteiger charge is 2.17. The monoisotopic (exact) mass is 297 g/mol. The first-order valence-electron chi connectivity index (χ1n) is 7.83. The van der Waals surface area contributed by atoms with E-state index < -0.39 is 0 Å².